The number of methoxy groups -OCH3 is 1. The summed E-state index contributed by atoms with van der Waals surface area (Å²) in [6, 6.07) is 5.38. The Morgan fingerprint density at radius 3 is 2.80 bits per heavy atom. The minimum Gasteiger partial charge on any atom is -0.465 e. The number of carbonyl (C=O) groups is 1. The minimum atomic E-state index is -0.517. The van der Waals surface area contributed by atoms with E-state index in [1.165, 1.54) is 7.11 Å². The molecule has 0 bridgehead atoms. The number of carbonyl (C=O) groups excluding carboxylic acids is 1. The molecule has 5 heteroatoms. The van der Waals surface area contributed by atoms with Crippen molar-refractivity contribution in [1.82, 2.24) is 0 Å². The first kappa shape index (κ1) is 12.1. The molecule has 0 saturated carbocycles. The molecule has 78 valence electrons. The van der Waals surface area contributed by atoms with Crippen molar-refractivity contribution in [2.75, 3.05) is 7.11 Å². The van der Waals surface area contributed by atoms with Crippen LogP contribution in [0.4, 0.5) is 0 Å². The maximum atomic E-state index is 11.5. The average molecular weight is 286 g/mol. The van der Waals surface area contributed by atoms with Gasteiger partial charge in [-0.2, -0.15) is 5.26 Å². The highest BCUT2D eigenvalue weighted by Crippen LogP contribution is 2.24. The Balaban J connectivity index is 3.49. The van der Waals surface area contributed by atoms with Gasteiger partial charge in [-0.05, 0) is 11.6 Å². The number of hydrogen-bond acceptors (Lipinski definition) is 4. The van der Waals surface area contributed by atoms with Gasteiger partial charge in [-0.15, -0.1) is 12.6 Å². The summed E-state index contributed by atoms with van der Waals surface area (Å²) in [4.78, 5) is 12.0. The Morgan fingerprint density at radius 1 is 1.67 bits per heavy atom. The van der Waals surface area contributed by atoms with Crippen LogP contribution in [0.3, 0.4) is 0 Å². The number of alkyl halides is 1. The highest BCUT2D eigenvalue weighted by molar-refractivity contribution is 9.08. The Hall–Kier alpha value is -0.990. The fourth-order valence-electron chi connectivity index (χ4n) is 1.19. The smallest absolute Gasteiger partial charge is 0.339 e. The number of nitriles is 1. The molecule has 0 aromatic heterocycles. The molecule has 0 unspecified atom stereocenters. The summed E-state index contributed by atoms with van der Waals surface area (Å²) >= 11 is 7.37. The lowest BCUT2D eigenvalue weighted by molar-refractivity contribution is 0.0599. The van der Waals surface area contributed by atoms with Crippen molar-refractivity contribution >= 4 is 34.5 Å². The Kier molecular flexibility index (Phi) is 4.18. The molecule has 3 nitrogen and oxygen atoms in total. The van der Waals surface area contributed by atoms with E-state index in [9.17, 15) is 4.79 Å². The molecule has 0 amide bonds. The van der Waals surface area contributed by atoms with Gasteiger partial charge in [-0.25, -0.2) is 4.79 Å². The van der Waals surface area contributed by atoms with Gasteiger partial charge in [0, 0.05) is 10.2 Å². The van der Waals surface area contributed by atoms with E-state index in [1.807, 2.05) is 6.07 Å². The van der Waals surface area contributed by atoms with Gasteiger partial charge in [0.2, 0.25) is 0 Å². The minimum absolute atomic E-state index is 0.252. The fraction of sp³-hybridized carbons (Fsp3) is 0.200. The highest BCUT2D eigenvalue weighted by atomic mass is 79.9. The molecule has 0 radical (unpaired) electrons. The molecule has 0 saturated heterocycles. The summed E-state index contributed by atoms with van der Waals surface area (Å²) in [7, 11) is 1.28. The summed E-state index contributed by atoms with van der Waals surface area (Å²) < 4.78 is 4.63. The normalized spacial score (nSPS) is 9.47. The summed E-state index contributed by atoms with van der Waals surface area (Å²) in [6.45, 7) is 0. The molecule has 1 rings (SSSR count). The van der Waals surface area contributed by atoms with Crippen molar-refractivity contribution in [2.45, 2.75) is 10.2 Å². The summed E-state index contributed by atoms with van der Waals surface area (Å²) in [5.74, 6) is -0.517. The molecular weight excluding hydrogens is 278 g/mol. The Labute approximate surface area is 102 Å². The number of esters is 1. The van der Waals surface area contributed by atoms with Crippen LogP contribution in [0.2, 0.25) is 0 Å². The standard InChI is InChI=1S/C10H8BrNO2S/c1-14-10(13)9-6(4-11)2-3-8(15)7(9)5-12/h2-3,15H,4H2,1H3. The molecule has 0 aliphatic rings. The van der Waals surface area contributed by atoms with Crippen molar-refractivity contribution < 1.29 is 9.53 Å². The van der Waals surface area contributed by atoms with Crippen LogP contribution >= 0.6 is 28.6 Å². The zero-order valence-corrected chi connectivity index (χ0v) is 10.4. The van der Waals surface area contributed by atoms with Gasteiger partial charge in [-0.1, -0.05) is 22.0 Å². The topological polar surface area (TPSA) is 50.1 Å². The van der Waals surface area contributed by atoms with Gasteiger partial charge in [0.05, 0.1) is 18.2 Å². The lowest BCUT2D eigenvalue weighted by atomic mass is 10.0. The fourth-order valence-corrected chi connectivity index (χ4v) is 1.90. The SMILES string of the molecule is COC(=O)c1c(CBr)ccc(S)c1C#N. The predicted octanol–water partition coefficient (Wildman–Crippen LogP) is 2.53. The molecule has 15 heavy (non-hydrogen) atoms. The molecule has 0 heterocycles. The molecule has 0 aliphatic heterocycles. The number of rotatable bonds is 2. The summed E-state index contributed by atoms with van der Waals surface area (Å²) in [5.41, 5.74) is 1.25. The molecule has 0 fully saturated rings. The van der Waals surface area contributed by atoms with Crippen LogP contribution in [-0.2, 0) is 10.1 Å². The maximum absolute atomic E-state index is 11.5. The van der Waals surface area contributed by atoms with Gasteiger partial charge in [0.1, 0.15) is 6.07 Å². The van der Waals surface area contributed by atoms with E-state index < -0.39 is 5.97 Å². The second kappa shape index (κ2) is 5.19. The molecule has 1 aromatic carbocycles. The van der Waals surface area contributed by atoms with E-state index in [4.69, 9.17) is 5.26 Å². The number of ether oxygens (including phenoxy) is 1. The van der Waals surface area contributed by atoms with Crippen molar-refractivity contribution in [3.8, 4) is 6.07 Å². The first-order valence-electron chi connectivity index (χ1n) is 4.05. The monoisotopic (exact) mass is 285 g/mol. The lowest BCUT2D eigenvalue weighted by Gasteiger charge is -2.08. The van der Waals surface area contributed by atoms with Crippen LogP contribution in [0.1, 0.15) is 21.5 Å². The number of nitrogens with zero attached hydrogens (tertiary/aromatic N) is 1. The van der Waals surface area contributed by atoms with Crippen molar-refractivity contribution in [3.63, 3.8) is 0 Å². The third kappa shape index (κ3) is 2.33. The number of benzene rings is 1. The zero-order chi connectivity index (χ0) is 11.4. The lowest BCUT2D eigenvalue weighted by Crippen LogP contribution is -2.08. The molecule has 0 aliphatic carbocycles. The van der Waals surface area contributed by atoms with Crippen LogP contribution in [0.25, 0.3) is 0 Å². The van der Waals surface area contributed by atoms with E-state index in [-0.39, 0.29) is 11.1 Å². The second-order valence-corrected chi connectivity index (χ2v) is 3.77. The van der Waals surface area contributed by atoms with Crippen LogP contribution in [-0.4, -0.2) is 13.1 Å². The van der Waals surface area contributed by atoms with Gasteiger partial charge in [0.15, 0.2) is 0 Å². The quantitative estimate of drug-likeness (QED) is 0.516. The van der Waals surface area contributed by atoms with Gasteiger partial charge >= 0.3 is 5.97 Å². The molecule has 0 spiro atoms. The maximum Gasteiger partial charge on any atom is 0.339 e. The van der Waals surface area contributed by atoms with Crippen LogP contribution in [0.15, 0.2) is 17.0 Å². The van der Waals surface area contributed by atoms with Crippen LogP contribution in [0.5, 0.6) is 0 Å². The predicted molar refractivity (Wildman–Crippen MR) is 62.4 cm³/mol. The number of hydrogen-bond donors (Lipinski definition) is 1. The van der Waals surface area contributed by atoms with Crippen molar-refractivity contribution in [2.24, 2.45) is 0 Å². The van der Waals surface area contributed by atoms with E-state index in [1.54, 1.807) is 12.1 Å². The van der Waals surface area contributed by atoms with Crippen molar-refractivity contribution in [1.29, 1.82) is 5.26 Å². The molecular formula is C10H8BrNO2S. The van der Waals surface area contributed by atoms with Crippen molar-refractivity contribution in [3.05, 3.63) is 28.8 Å². The number of halogens is 1. The Morgan fingerprint density at radius 2 is 2.33 bits per heavy atom. The molecule has 0 N–H and O–H groups in total. The molecule has 1 aromatic rings. The third-order valence-electron chi connectivity index (χ3n) is 1.91. The number of thiol groups is 1. The summed E-state index contributed by atoms with van der Waals surface area (Å²) in [6.07, 6.45) is 0. The zero-order valence-electron chi connectivity index (χ0n) is 7.95. The van der Waals surface area contributed by atoms with Crippen LogP contribution < -0.4 is 0 Å². The first-order chi connectivity index (χ1) is 7.15. The second-order valence-electron chi connectivity index (χ2n) is 2.73. The van der Waals surface area contributed by atoms with E-state index in [0.29, 0.717) is 10.2 Å². The van der Waals surface area contributed by atoms with Gasteiger partial charge in [0.25, 0.3) is 0 Å². The summed E-state index contributed by atoms with van der Waals surface area (Å²) in [5, 5.41) is 9.43. The first-order valence-corrected chi connectivity index (χ1v) is 5.61. The van der Waals surface area contributed by atoms with Gasteiger partial charge < -0.3 is 4.74 Å². The Bertz CT molecular complexity index is 440. The molecule has 0 atom stereocenters. The van der Waals surface area contributed by atoms with E-state index in [0.717, 1.165) is 5.56 Å². The highest BCUT2D eigenvalue weighted by Gasteiger charge is 2.18. The third-order valence-corrected chi connectivity index (χ3v) is 2.89. The van der Waals surface area contributed by atoms with E-state index in [2.05, 4.69) is 33.3 Å². The van der Waals surface area contributed by atoms with E-state index >= 15 is 0 Å². The largest absolute Gasteiger partial charge is 0.465 e. The average Bonchev–Trinajstić information content (AvgIpc) is 2.27. The van der Waals surface area contributed by atoms with Gasteiger partial charge in [-0.3, -0.25) is 0 Å². The van der Waals surface area contributed by atoms with Crippen LogP contribution in [0, 0.1) is 11.3 Å².